The molecule has 134 valence electrons. The van der Waals surface area contributed by atoms with Gasteiger partial charge in [0.1, 0.15) is 23.9 Å². The van der Waals surface area contributed by atoms with Crippen molar-refractivity contribution in [1.29, 1.82) is 0 Å². The second-order valence-corrected chi connectivity index (χ2v) is 5.84. The molecule has 0 unspecified atom stereocenters. The molecule has 6 heteroatoms. The number of benzene rings is 2. The first-order valence-electron chi connectivity index (χ1n) is 8.01. The quantitative estimate of drug-likeness (QED) is 0.730. The molecule has 25 heavy (non-hydrogen) atoms. The molecule has 0 aromatic heterocycles. The molecule has 0 saturated heterocycles. The van der Waals surface area contributed by atoms with Gasteiger partial charge < -0.3 is 24.4 Å². The predicted molar refractivity (Wildman–Crippen MR) is 104 cm³/mol. The molecule has 2 aromatic carbocycles. The van der Waals surface area contributed by atoms with Gasteiger partial charge in [-0.15, -0.1) is 0 Å². The summed E-state index contributed by atoms with van der Waals surface area (Å²) >= 11 is 5.41. The summed E-state index contributed by atoms with van der Waals surface area (Å²) in [5.41, 5.74) is 1.14. The van der Waals surface area contributed by atoms with Crippen LogP contribution in [-0.4, -0.2) is 44.4 Å². The van der Waals surface area contributed by atoms with Crippen LogP contribution in [0.4, 0.5) is 0 Å². The average Bonchev–Trinajstić information content (AvgIpc) is 2.66. The number of ether oxygens (including phenoxy) is 3. The van der Waals surface area contributed by atoms with Crippen molar-refractivity contribution in [3.63, 3.8) is 0 Å². The SMILES string of the molecule is COc1ccc(CNC(=S)N(C)CCOc2ccc(OC)cc2)cc1. The third-order valence-corrected chi connectivity index (χ3v) is 4.16. The molecule has 0 radical (unpaired) electrons. The number of methoxy groups -OCH3 is 2. The molecule has 2 aromatic rings. The minimum Gasteiger partial charge on any atom is -0.497 e. The van der Waals surface area contributed by atoms with Crippen LogP contribution in [0.5, 0.6) is 17.2 Å². The molecule has 1 N–H and O–H groups in total. The van der Waals surface area contributed by atoms with Gasteiger partial charge in [0.25, 0.3) is 0 Å². The number of nitrogens with one attached hydrogen (secondary N) is 1. The molecular weight excluding hydrogens is 336 g/mol. The lowest BCUT2D eigenvalue weighted by atomic mass is 10.2. The molecule has 0 saturated carbocycles. The van der Waals surface area contributed by atoms with Crippen molar-refractivity contribution in [3.8, 4) is 17.2 Å². The Morgan fingerprint density at radius 3 is 2.00 bits per heavy atom. The molecular formula is C19H24N2O3S. The second-order valence-electron chi connectivity index (χ2n) is 5.45. The Morgan fingerprint density at radius 2 is 1.44 bits per heavy atom. The monoisotopic (exact) mass is 360 g/mol. The number of rotatable bonds is 8. The van der Waals surface area contributed by atoms with Gasteiger partial charge in [0.05, 0.1) is 20.8 Å². The summed E-state index contributed by atoms with van der Waals surface area (Å²) in [6.07, 6.45) is 0. The third kappa shape index (κ3) is 6.15. The van der Waals surface area contributed by atoms with E-state index in [9.17, 15) is 0 Å². The first kappa shape index (κ1) is 18.9. The summed E-state index contributed by atoms with van der Waals surface area (Å²) < 4.78 is 16.0. The van der Waals surface area contributed by atoms with E-state index in [2.05, 4.69) is 5.32 Å². The first-order chi connectivity index (χ1) is 12.1. The molecule has 0 spiro atoms. The number of nitrogens with zero attached hydrogens (tertiary/aromatic N) is 1. The predicted octanol–water partition coefficient (Wildman–Crippen LogP) is 3.09. The second kappa shape index (κ2) is 9.74. The fraction of sp³-hybridized carbons (Fsp3) is 0.316. The van der Waals surface area contributed by atoms with Crippen LogP contribution < -0.4 is 19.5 Å². The van der Waals surface area contributed by atoms with E-state index in [1.807, 2.05) is 60.5 Å². The summed E-state index contributed by atoms with van der Waals surface area (Å²) in [6, 6.07) is 15.4. The van der Waals surface area contributed by atoms with Crippen molar-refractivity contribution in [1.82, 2.24) is 10.2 Å². The lowest BCUT2D eigenvalue weighted by Crippen LogP contribution is -2.38. The van der Waals surface area contributed by atoms with E-state index in [0.717, 1.165) is 22.8 Å². The summed E-state index contributed by atoms with van der Waals surface area (Å²) in [4.78, 5) is 1.96. The largest absolute Gasteiger partial charge is 0.497 e. The average molecular weight is 360 g/mol. The van der Waals surface area contributed by atoms with Crippen LogP contribution in [0.15, 0.2) is 48.5 Å². The van der Waals surface area contributed by atoms with E-state index in [4.69, 9.17) is 26.4 Å². The summed E-state index contributed by atoms with van der Waals surface area (Å²) in [6.45, 7) is 1.92. The van der Waals surface area contributed by atoms with Crippen molar-refractivity contribution >= 4 is 17.3 Å². The van der Waals surface area contributed by atoms with Crippen molar-refractivity contribution < 1.29 is 14.2 Å². The zero-order valence-corrected chi connectivity index (χ0v) is 15.6. The number of hydrogen-bond acceptors (Lipinski definition) is 4. The van der Waals surface area contributed by atoms with Gasteiger partial charge in [0, 0.05) is 13.6 Å². The highest BCUT2D eigenvalue weighted by Gasteiger charge is 2.05. The Morgan fingerprint density at radius 1 is 0.920 bits per heavy atom. The van der Waals surface area contributed by atoms with Crippen LogP contribution >= 0.6 is 12.2 Å². The minimum absolute atomic E-state index is 0.549. The number of thiocarbonyl (C=S) groups is 1. The number of likely N-dealkylation sites (N-methyl/N-ethyl adjacent to an activating group) is 1. The van der Waals surface area contributed by atoms with Gasteiger partial charge in [0.15, 0.2) is 5.11 Å². The summed E-state index contributed by atoms with van der Waals surface area (Å²) in [7, 11) is 5.25. The van der Waals surface area contributed by atoms with Crippen LogP contribution in [0.3, 0.4) is 0 Å². The van der Waals surface area contributed by atoms with E-state index < -0.39 is 0 Å². The highest BCUT2D eigenvalue weighted by Crippen LogP contribution is 2.16. The smallest absolute Gasteiger partial charge is 0.169 e. The van der Waals surface area contributed by atoms with Crippen LogP contribution in [0.25, 0.3) is 0 Å². The Kier molecular flexibility index (Phi) is 7.35. The van der Waals surface area contributed by atoms with Gasteiger partial charge in [-0.2, -0.15) is 0 Å². The van der Waals surface area contributed by atoms with Crippen molar-refractivity contribution in [2.24, 2.45) is 0 Å². The van der Waals surface area contributed by atoms with Gasteiger partial charge in [0.2, 0.25) is 0 Å². The topological polar surface area (TPSA) is 43.0 Å². The van der Waals surface area contributed by atoms with Gasteiger partial charge in [-0.05, 0) is 54.2 Å². The molecule has 0 aliphatic heterocycles. The van der Waals surface area contributed by atoms with E-state index in [1.165, 1.54) is 0 Å². The van der Waals surface area contributed by atoms with Crippen molar-refractivity contribution in [3.05, 3.63) is 54.1 Å². The lowest BCUT2D eigenvalue weighted by Gasteiger charge is -2.21. The normalized spacial score (nSPS) is 10.0. The molecule has 2 rings (SSSR count). The summed E-state index contributed by atoms with van der Waals surface area (Å²) in [5.74, 6) is 2.47. The Hall–Kier alpha value is -2.47. The maximum Gasteiger partial charge on any atom is 0.169 e. The van der Waals surface area contributed by atoms with E-state index in [0.29, 0.717) is 24.8 Å². The van der Waals surface area contributed by atoms with Gasteiger partial charge >= 0.3 is 0 Å². The molecule has 0 amide bonds. The molecule has 0 atom stereocenters. The summed E-state index contributed by atoms with van der Waals surface area (Å²) in [5, 5.41) is 3.93. The molecule has 0 aliphatic rings. The molecule has 0 heterocycles. The zero-order valence-electron chi connectivity index (χ0n) is 14.8. The maximum absolute atomic E-state index is 5.72. The molecule has 5 nitrogen and oxygen atoms in total. The highest BCUT2D eigenvalue weighted by atomic mass is 32.1. The van der Waals surface area contributed by atoms with Crippen LogP contribution in [0, 0.1) is 0 Å². The van der Waals surface area contributed by atoms with Crippen molar-refractivity contribution in [2.45, 2.75) is 6.54 Å². The zero-order chi connectivity index (χ0) is 18.1. The Balaban J connectivity index is 1.70. The van der Waals surface area contributed by atoms with E-state index >= 15 is 0 Å². The molecule has 0 fully saturated rings. The lowest BCUT2D eigenvalue weighted by molar-refractivity contribution is 0.282. The minimum atomic E-state index is 0.549. The van der Waals surface area contributed by atoms with Crippen LogP contribution in [0.1, 0.15) is 5.56 Å². The Bertz CT molecular complexity index is 659. The van der Waals surface area contributed by atoms with E-state index in [1.54, 1.807) is 14.2 Å². The fourth-order valence-electron chi connectivity index (χ4n) is 2.13. The number of hydrogen-bond donors (Lipinski definition) is 1. The standard InChI is InChI=1S/C19H24N2O3S/c1-21(12-13-24-18-10-8-17(23-3)9-11-18)19(25)20-14-15-4-6-16(22-2)7-5-15/h4-11H,12-14H2,1-3H3,(H,20,25). The Labute approximate surface area is 154 Å². The van der Waals surface area contributed by atoms with Gasteiger partial charge in [-0.25, -0.2) is 0 Å². The van der Waals surface area contributed by atoms with Crippen LogP contribution in [0.2, 0.25) is 0 Å². The van der Waals surface area contributed by atoms with Gasteiger partial charge in [-0.1, -0.05) is 12.1 Å². The fourth-order valence-corrected chi connectivity index (χ4v) is 2.29. The highest BCUT2D eigenvalue weighted by molar-refractivity contribution is 7.80. The van der Waals surface area contributed by atoms with Crippen molar-refractivity contribution in [2.75, 3.05) is 34.4 Å². The van der Waals surface area contributed by atoms with Gasteiger partial charge in [-0.3, -0.25) is 0 Å². The van der Waals surface area contributed by atoms with E-state index in [-0.39, 0.29) is 0 Å². The molecule has 0 bridgehead atoms. The molecule has 0 aliphatic carbocycles. The third-order valence-electron chi connectivity index (χ3n) is 3.70. The first-order valence-corrected chi connectivity index (χ1v) is 8.42. The maximum atomic E-state index is 5.72. The van der Waals surface area contributed by atoms with Crippen LogP contribution in [-0.2, 0) is 6.54 Å².